The first-order valence-electron chi connectivity index (χ1n) is 6.16. The number of nitrogens with one attached hydrogen (secondary N) is 1. The van der Waals surface area contributed by atoms with Crippen molar-refractivity contribution in [1.82, 2.24) is 9.88 Å². The minimum absolute atomic E-state index is 0.110. The molecule has 98 valence electrons. The number of nitrogen functional groups attached to an aromatic ring is 1. The van der Waals surface area contributed by atoms with Gasteiger partial charge in [0, 0.05) is 31.0 Å². The number of hydrogen-bond acceptors (Lipinski definition) is 3. The molecule has 0 unspecified atom stereocenters. The summed E-state index contributed by atoms with van der Waals surface area (Å²) in [5.74, 6) is 0.110. The van der Waals surface area contributed by atoms with Crippen LogP contribution in [0.2, 0.25) is 0 Å². The Morgan fingerprint density at radius 3 is 2.53 bits per heavy atom. The van der Waals surface area contributed by atoms with Crippen molar-refractivity contribution in [2.24, 2.45) is 5.73 Å². The topological polar surface area (TPSA) is 66.0 Å². The lowest BCUT2D eigenvalue weighted by molar-refractivity contribution is 0.319. The number of nitrogens with two attached hydrogens (primary N) is 1. The second-order valence-corrected chi connectivity index (χ2v) is 4.64. The van der Waals surface area contributed by atoms with E-state index in [0.29, 0.717) is 0 Å². The molecule has 3 N–H and O–H groups in total. The maximum Gasteiger partial charge on any atom is 0.122 e. The Bertz CT molecular complexity index is 551. The highest BCUT2D eigenvalue weighted by Crippen LogP contribution is 2.09. The van der Waals surface area contributed by atoms with Gasteiger partial charge in [-0.3, -0.25) is 15.3 Å². The van der Waals surface area contributed by atoms with Gasteiger partial charge >= 0.3 is 0 Å². The van der Waals surface area contributed by atoms with Gasteiger partial charge in [0.25, 0.3) is 0 Å². The fraction of sp³-hybridized carbons (Fsp3) is 0.200. The van der Waals surface area contributed by atoms with Gasteiger partial charge in [-0.2, -0.15) is 0 Å². The predicted molar refractivity (Wildman–Crippen MR) is 76.9 cm³/mol. The van der Waals surface area contributed by atoms with Crippen molar-refractivity contribution in [2.45, 2.75) is 13.1 Å². The van der Waals surface area contributed by atoms with Crippen LogP contribution in [0.5, 0.6) is 0 Å². The fourth-order valence-electron chi connectivity index (χ4n) is 2.00. The molecule has 19 heavy (non-hydrogen) atoms. The van der Waals surface area contributed by atoms with Crippen molar-refractivity contribution >= 4 is 5.84 Å². The summed E-state index contributed by atoms with van der Waals surface area (Å²) in [5, 5.41) is 7.45. The first kappa shape index (κ1) is 13.2. The number of nitrogens with zero attached hydrogens (tertiary/aromatic N) is 2. The van der Waals surface area contributed by atoms with Crippen LogP contribution >= 0.6 is 0 Å². The zero-order valence-electron chi connectivity index (χ0n) is 11.0. The van der Waals surface area contributed by atoms with Gasteiger partial charge in [0.2, 0.25) is 0 Å². The number of hydrogen-bond donors (Lipinski definition) is 2. The molecule has 0 fully saturated rings. The summed E-state index contributed by atoms with van der Waals surface area (Å²) in [7, 11) is 2.07. The van der Waals surface area contributed by atoms with E-state index in [0.717, 1.165) is 24.2 Å². The van der Waals surface area contributed by atoms with Crippen molar-refractivity contribution in [3.05, 3.63) is 65.5 Å². The quantitative estimate of drug-likeness (QED) is 0.633. The van der Waals surface area contributed by atoms with Gasteiger partial charge in [0.1, 0.15) is 5.84 Å². The Morgan fingerprint density at radius 1 is 1.16 bits per heavy atom. The van der Waals surface area contributed by atoms with E-state index in [4.69, 9.17) is 11.1 Å². The lowest BCUT2D eigenvalue weighted by atomic mass is 10.1. The normalized spacial score (nSPS) is 10.6. The first-order chi connectivity index (χ1) is 9.15. The van der Waals surface area contributed by atoms with Gasteiger partial charge in [-0.05, 0) is 36.4 Å². The molecule has 0 bridgehead atoms. The molecule has 2 aromatic rings. The number of pyridine rings is 1. The van der Waals surface area contributed by atoms with Gasteiger partial charge in [-0.15, -0.1) is 0 Å². The van der Waals surface area contributed by atoms with Crippen LogP contribution in [0.3, 0.4) is 0 Å². The van der Waals surface area contributed by atoms with Gasteiger partial charge in [0.05, 0.1) is 0 Å². The van der Waals surface area contributed by atoms with Crippen LogP contribution in [-0.2, 0) is 13.1 Å². The molecule has 4 heteroatoms. The Labute approximate surface area is 113 Å². The minimum Gasteiger partial charge on any atom is -0.384 e. The smallest absolute Gasteiger partial charge is 0.122 e. The molecule has 1 aromatic carbocycles. The highest BCUT2D eigenvalue weighted by molar-refractivity contribution is 5.95. The van der Waals surface area contributed by atoms with Crippen molar-refractivity contribution in [2.75, 3.05) is 7.05 Å². The lowest BCUT2D eigenvalue weighted by Gasteiger charge is -2.17. The third-order valence-electron chi connectivity index (χ3n) is 2.89. The van der Waals surface area contributed by atoms with Crippen LogP contribution < -0.4 is 5.73 Å². The first-order valence-corrected chi connectivity index (χ1v) is 6.16. The molecule has 0 saturated carbocycles. The Morgan fingerprint density at radius 2 is 1.84 bits per heavy atom. The molecule has 1 aromatic heterocycles. The molecule has 0 amide bonds. The largest absolute Gasteiger partial charge is 0.384 e. The molecule has 0 atom stereocenters. The van der Waals surface area contributed by atoms with Crippen molar-refractivity contribution in [1.29, 1.82) is 5.41 Å². The van der Waals surface area contributed by atoms with E-state index in [9.17, 15) is 0 Å². The molecule has 1 heterocycles. The van der Waals surface area contributed by atoms with Crippen molar-refractivity contribution in [3.63, 3.8) is 0 Å². The Kier molecular flexibility index (Phi) is 4.26. The zero-order chi connectivity index (χ0) is 13.7. The number of amidine groups is 1. The Hall–Kier alpha value is -2.20. The van der Waals surface area contributed by atoms with E-state index >= 15 is 0 Å². The van der Waals surface area contributed by atoms with E-state index in [1.54, 1.807) is 12.4 Å². The number of benzene rings is 1. The summed E-state index contributed by atoms with van der Waals surface area (Å²) < 4.78 is 0. The lowest BCUT2D eigenvalue weighted by Crippen LogP contribution is -2.18. The minimum atomic E-state index is 0.110. The maximum atomic E-state index is 7.45. The molecule has 0 radical (unpaired) electrons. The second kappa shape index (κ2) is 6.11. The van der Waals surface area contributed by atoms with E-state index in [1.807, 2.05) is 30.3 Å². The van der Waals surface area contributed by atoms with Crippen LogP contribution in [0.25, 0.3) is 0 Å². The predicted octanol–water partition coefficient (Wildman–Crippen LogP) is 2.00. The van der Waals surface area contributed by atoms with Crippen LogP contribution in [0.1, 0.15) is 16.7 Å². The van der Waals surface area contributed by atoms with E-state index in [1.165, 1.54) is 5.56 Å². The molecule has 0 spiro atoms. The third-order valence-corrected chi connectivity index (χ3v) is 2.89. The molecule has 0 aliphatic carbocycles. The monoisotopic (exact) mass is 254 g/mol. The van der Waals surface area contributed by atoms with E-state index < -0.39 is 0 Å². The fourth-order valence-corrected chi connectivity index (χ4v) is 2.00. The van der Waals surface area contributed by atoms with E-state index in [2.05, 4.69) is 23.0 Å². The van der Waals surface area contributed by atoms with Crippen molar-refractivity contribution < 1.29 is 0 Å². The third kappa shape index (κ3) is 3.89. The molecule has 0 aliphatic heterocycles. The molecule has 4 nitrogen and oxygen atoms in total. The highest BCUT2D eigenvalue weighted by Gasteiger charge is 2.03. The van der Waals surface area contributed by atoms with Gasteiger partial charge in [-0.1, -0.05) is 18.2 Å². The summed E-state index contributed by atoms with van der Waals surface area (Å²) in [4.78, 5) is 6.23. The van der Waals surface area contributed by atoms with Crippen LogP contribution in [0.4, 0.5) is 0 Å². The molecular weight excluding hydrogens is 236 g/mol. The van der Waals surface area contributed by atoms with Crippen LogP contribution in [-0.4, -0.2) is 22.8 Å². The summed E-state index contributed by atoms with van der Waals surface area (Å²) in [5.41, 5.74) is 8.67. The maximum absolute atomic E-state index is 7.45. The summed E-state index contributed by atoms with van der Waals surface area (Å²) in [6.07, 6.45) is 3.61. The van der Waals surface area contributed by atoms with Gasteiger partial charge in [-0.25, -0.2) is 0 Å². The van der Waals surface area contributed by atoms with Crippen molar-refractivity contribution in [3.8, 4) is 0 Å². The summed E-state index contributed by atoms with van der Waals surface area (Å²) in [6.45, 7) is 1.69. The van der Waals surface area contributed by atoms with Crippen LogP contribution in [0.15, 0.2) is 48.8 Å². The van der Waals surface area contributed by atoms with E-state index in [-0.39, 0.29) is 5.84 Å². The standard InChI is InChI=1S/C15H18N4/c1-19(10-12-5-7-18-8-6-12)11-13-3-2-4-14(9-13)15(16)17/h2-9H,10-11H2,1H3,(H3,16,17). The van der Waals surface area contributed by atoms with Gasteiger partial charge in [0.15, 0.2) is 0 Å². The highest BCUT2D eigenvalue weighted by atomic mass is 15.1. The molecule has 2 rings (SSSR count). The second-order valence-electron chi connectivity index (χ2n) is 4.64. The molecule has 0 aliphatic rings. The number of rotatable bonds is 5. The average Bonchev–Trinajstić information content (AvgIpc) is 2.40. The average molecular weight is 254 g/mol. The molecular formula is C15H18N4. The molecule has 0 saturated heterocycles. The van der Waals surface area contributed by atoms with Gasteiger partial charge < -0.3 is 5.73 Å². The zero-order valence-corrected chi connectivity index (χ0v) is 11.0. The summed E-state index contributed by atoms with van der Waals surface area (Å²) in [6, 6.07) is 11.8. The summed E-state index contributed by atoms with van der Waals surface area (Å²) >= 11 is 0. The SMILES string of the molecule is CN(Cc1ccncc1)Cc1cccc(C(=N)N)c1. The van der Waals surface area contributed by atoms with Crippen LogP contribution in [0, 0.1) is 5.41 Å². The number of aromatic nitrogens is 1. The Balaban J connectivity index is 2.01.